The van der Waals surface area contributed by atoms with Crippen molar-refractivity contribution in [2.75, 3.05) is 0 Å². The van der Waals surface area contributed by atoms with E-state index in [0.717, 1.165) is 11.3 Å². The van der Waals surface area contributed by atoms with Crippen molar-refractivity contribution >= 4 is 11.3 Å². The third kappa shape index (κ3) is 0.966. The third-order valence-electron chi connectivity index (χ3n) is 2.33. The normalized spacial score (nSPS) is 26.0. The van der Waals surface area contributed by atoms with Crippen LogP contribution in [0.25, 0.3) is 0 Å². The van der Waals surface area contributed by atoms with Crippen LogP contribution in [0.15, 0.2) is 21.7 Å². The average molecular weight is 198 g/mol. The van der Waals surface area contributed by atoms with Gasteiger partial charge in [-0.1, -0.05) is 12.2 Å². The van der Waals surface area contributed by atoms with Crippen LogP contribution in [0.1, 0.15) is 25.9 Å². The highest BCUT2D eigenvalue weighted by molar-refractivity contribution is 7.06. The Morgan fingerprint density at radius 1 is 1.31 bits per heavy atom. The largest absolute Gasteiger partial charge is 0.327 e. The van der Waals surface area contributed by atoms with Gasteiger partial charge < -0.3 is 0 Å². The van der Waals surface area contributed by atoms with Gasteiger partial charge in [0.1, 0.15) is 0 Å². The van der Waals surface area contributed by atoms with Gasteiger partial charge >= 0.3 is 9.75 Å². The molecule has 5 heteroatoms. The van der Waals surface area contributed by atoms with Gasteiger partial charge in [0.25, 0.3) is 0 Å². The van der Waals surface area contributed by atoms with Gasteiger partial charge in [0.15, 0.2) is 0 Å². The Labute approximate surface area is 78.7 Å². The zero-order chi connectivity index (χ0) is 9.59. The first-order valence-electron chi connectivity index (χ1n) is 4.13. The summed E-state index contributed by atoms with van der Waals surface area (Å²) in [4.78, 5) is 22.2. The first-order valence-corrected chi connectivity index (χ1v) is 4.95. The zero-order valence-corrected chi connectivity index (χ0v) is 8.25. The highest BCUT2D eigenvalue weighted by atomic mass is 32.1. The summed E-state index contributed by atoms with van der Waals surface area (Å²) < 4.78 is 3.02. The maximum Gasteiger partial charge on any atom is 0.327 e. The van der Waals surface area contributed by atoms with Crippen molar-refractivity contribution in [1.82, 2.24) is 9.36 Å². The molecule has 0 spiro atoms. The molecule has 0 amide bonds. The van der Waals surface area contributed by atoms with Gasteiger partial charge in [-0.25, -0.2) is 9.36 Å². The molecule has 1 aromatic heterocycles. The molecule has 0 saturated carbocycles. The standard InChI is InChI=1S/C8H10N2O2S/c1-3-4-6-5(2)9-7(11)13-8(12)10(6)9/h3-6H,1-2H3/b4-3-/t5-,6+/m0/s1. The highest BCUT2D eigenvalue weighted by Gasteiger charge is 2.35. The van der Waals surface area contributed by atoms with Crippen LogP contribution in [0.2, 0.25) is 0 Å². The number of fused-ring (bicyclic) bond motifs is 1. The molecular formula is C8H10N2O2S. The van der Waals surface area contributed by atoms with Gasteiger partial charge in [0.05, 0.1) is 12.1 Å². The molecule has 2 atom stereocenters. The van der Waals surface area contributed by atoms with Crippen molar-refractivity contribution < 1.29 is 0 Å². The van der Waals surface area contributed by atoms with E-state index in [-0.39, 0.29) is 21.8 Å². The molecule has 2 heterocycles. The SMILES string of the molecule is C/C=C\[C@@H]1[C@H](C)n2c(=O)sc(=O)n21. The molecule has 4 nitrogen and oxygen atoms in total. The summed E-state index contributed by atoms with van der Waals surface area (Å²) in [5.74, 6) is 0. The van der Waals surface area contributed by atoms with E-state index in [1.165, 1.54) is 9.36 Å². The fourth-order valence-corrected chi connectivity index (χ4v) is 2.49. The molecule has 0 bridgehead atoms. The van der Waals surface area contributed by atoms with Gasteiger partial charge in [-0.3, -0.25) is 9.59 Å². The molecule has 13 heavy (non-hydrogen) atoms. The molecule has 0 unspecified atom stereocenters. The fourth-order valence-electron chi connectivity index (χ4n) is 1.69. The van der Waals surface area contributed by atoms with E-state index in [1.54, 1.807) is 0 Å². The van der Waals surface area contributed by atoms with Crippen molar-refractivity contribution in [2.24, 2.45) is 0 Å². The predicted molar refractivity (Wildman–Crippen MR) is 51.4 cm³/mol. The molecular weight excluding hydrogens is 188 g/mol. The second-order valence-corrected chi connectivity index (χ2v) is 3.98. The molecule has 1 aliphatic rings. The smallest absolute Gasteiger partial charge is 0.255 e. The summed E-state index contributed by atoms with van der Waals surface area (Å²) in [7, 11) is 0. The van der Waals surface area contributed by atoms with Crippen molar-refractivity contribution in [1.29, 1.82) is 0 Å². The van der Waals surface area contributed by atoms with Crippen molar-refractivity contribution in [3.05, 3.63) is 31.5 Å². The van der Waals surface area contributed by atoms with E-state index in [4.69, 9.17) is 0 Å². The number of nitrogens with zero attached hydrogens (tertiary/aromatic N) is 2. The summed E-state index contributed by atoms with van der Waals surface area (Å²) in [6, 6.07) is 0.180. The monoisotopic (exact) mass is 198 g/mol. The molecule has 0 radical (unpaired) electrons. The Bertz CT molecular complexity index is 465. The average Bonchev–Trinajstić information content (AvgIpc) is 2.33. The van der Waals surface area contributed by atoms with Crippen LogP contribution in [0.5, 0.6) is 0 Å². The van der Waals surface area contributed by atoms with Crippen molar-refractivity contribution in [2.45, 2.75) is 25.9 Å². The topological polar surface area (TPSA) is 44.0 Å². The number of rotatable bonds is 1. The molecule has 0 aliphatic carbocycles. The van der Waals surface area contributed by atoms with Crippen LogP contribution in [-0.4, -0.2) is 9.36 Å². The number of aromatic nitrogens is 2. The first-order chi connectivity index (χ1) is 6.16. The summed E-state index contributed by atoms with van der Waals surface area (Å²) in [6.07, 6.45) is 3.84. The number of hydrogen-bond acceptors (Lipinski definition) is 3. The quantitative estimate of drug-likeness (QED) is 0.625. The number of hydrogen-bond donors (Lipinski definition) is 0. The Morgan fingerprint density at radius 3 is 2.54 bits per heavy atom. The summed E-state index contributed by atoms with van der Waals surface area (Å²) in [5, 5.41) is 0. The maximum absolute atomic E-state index is 11.3. The van der Waals surface area contributed by atoms with E-state index in [0.29, 0.717) is 0 Å². The molecule has 0 saturated heterocycles. The molecule has 70 valence electrons. The van der Waals surface area contributed by atoms with E-state index < -0.39 is 0 Å². The summed E-state index contributed by atoms with van der Waals surface area (Å²) >= 11 is 0.773. The van der Waals surface area contributed by atoms with Crippen LogP contribution in [-0.2, 0) is 0 Å². The zero-order valence-electron chi connectivity index (χ0n) is 7.43. The number of allylic oxidation sites excluding steroid dienone is 2. The Kier molecular flexibility index (Phi) is 1.76. The van der Waals surface area contributed by atoms with Crippen molar-refractivity contribution in [3.63, 3.8) is 0 Å². The molecule has 2 rings (SSSR count). The van der Waals surface area contributed by atoms with Gasteiger partial charge in [0, 0.05) is 0 Å². The van der Waals surface area contributed by atoms with Gasteiger partial charge in [-0.05, 0) is 25.2 Å². The van der Waals surface area contributed by atoms with Crippen LogP contribution in [0.3, 0.4) is 0 Å². The molecule has 0 fully saturated rings. The summed E-state index contributed by atoms with van der Waals surface area (Å²) in [6.45, 7) is 3.85. The minimum Gasteiger partial charge on any atom is -0.255 e. The highest BCUT2D eigenvalue weighted by Crippen LogP contribution is 2.30. The molecule has 1 aliphatic heterocycles. The molecule has 0 aromatic carbocycles. The summed E-state index contributed by atoms with van der Waals surface area (Å²) in [5.41, 5.74) is 0. The molecule has 1 aromatic rings. The van der Waals surface area contributed by atoms with Crippen LogP contribution < -0.4 is 9.75 Å². The van der Waals surface area contributed by atoms with E-state index in [2.05, 4.69) is 0 Å². The second kappa shape index (κ2) is 2.70. The Morgan fingerprint density at radius 2 is 1.92 bits per heavy atom. The van der Waals surface area contributed by atoms with Crippen molar-refractivity contribution in [3.8, 4) is 0 Å². The predicted octanol–water partition coefficient (Wildman–Crippen LogP) is 0.763. The third-order valence-corrected chi connectivity index (χ3v) is 3.06. The van der Waals surface area contributed by atoms with E-state index in [1.807, 2.05) is 26.0 Å². The lowest BCUT2D eigenvalue weighted by Crippen LogP contribution is -2.45. The minimum atomic E-state index is -0.161. The lowest BCUT2D eigenvalue weighted by Gasteiger charge is -2.35. The molecule has 0 N–H and O–H groups in total. The van der Waals surface area contributed by atoms with Gasteiger partial charge in [-0.15, -0.1) is 0 Å². The van der Waals surface area contributed by atoms with E-state index in [9.17, 15) is 9.59 Å². The van der Waals surface area contributed by atoms with Crippen LogP contribution in [0, 0.1) is 0 Å². The van der Waals surface area contributed by atoms with Crippen LogP contribution >= 0.6 is 11.3 Å². The lowest BCUT2D eigenvalue weighted by atomic mass is 10.1. The Hall–Kier alpha value is -1.10. The van der Waals surface area contributed by atoms with Gasteiger partial charge in [-0.2, -0.15) is 0 Å². The maximum atomic E-state index is 11.3. The van der Waals surface area contributed by atoms with Gasteiger partial charge in [0.2, 0.25) is 0 Å². The lowest BCUT2D eigenvalue weighted by molar-refractivity contribution is 0.178. The fraction of sp³-hybridized carbons (Fsp3) is 0.500. The second-order valence-electron chi connectivity index (χ2n) is 3.08. The van der Waals surface area contributed by atoms with E-state index >= 15 is 0 Å². The Balaban J connectivity index is 2.60. The van der Waals surface area contributed by atoms with Crippen LogP contribution in [0.4, 0.5) is 0 Å². The first kappa shape index (κ1) is 8.50. The minimum absolute atomic E-state index is 0.0662.